The number of nitrogens with zero attached hydrogens (tertiary/aromatic N) is 6. The Balaban J connectivity index is 1.13. The van der Waals surface area contributed by atoms with Crippen molar-refractivity contribution in [2.45, 2.75) is 30.7 Å². The first-order valence-electron chi connectivity index (χ1n) is 13.2. The molecule has 42 heavy (non-hydrogen) atoms. The van der Waals surface area contributed by atoms with Gasteiger partial charge in [-0.3, -0.25) is 14.5 Å². The Labute approximate surface area is 238 Å². The van der Waals surface area contributed by atoms with Crippen molar-refractivity contribution in [2.75, 3.05) is 35.8 Å². The van der Waals surface area contributed by atoms with E-state index in [0.29, 0.717) is 48.8 Å². The molecule has 2 N–H and O–H groups in total. The monoisotopic (exact) mass is 595 g/mol. The zero-order chi connectivity index (χ0) is 29.6. The van der Waals surface area contributed by atoms with Crippen LogP contribution in [0.25, 0.3) is 10.9 Å². The highest BCUT2D eigenvalue weighted by atomic mass is 32.2. The van der Waals surface area contributed by atoms with E-state index < -0.39 is 27.2 Å². The molecule has 0 bridgehead atoms. The minimum Gasteiger partial charge on any atom is -0.477 e. The SMILES string of the molecule is Cc1cc(NS(=O)(=O)c2ccc(N=NN3CCN(c4cc5c(cc4F)c(=O)c(C(=O)O)cn5C4CC4)CC3)cc2)no1. The fraction of sp³-hybridized carbons (Fsp3) is 0.296. The molecule has 3 heterocycles. The predicted octanol–water partition coefficient (Wildman–Crippen LogP) is 4.09. The first-order valence-corrected chi connectivity index (χ1v) is 14.7. The van der Waals surface area contributed by atoms with Crippen molar-refractivity contribution in [1.29, 1.82) is 0 Å². The van der Waals surface area contributed by atoms with E-state index in [0.717, 1.165) is 18.9 Å². The van der Waals surface area contributed by atoms with Gasteiger partial charge in [-0.15, -0.1) is 5.11 Å². The van der Waals surface area contributed by atoms with E-state index in [9.17, 15) is 23.1 Å². The number of hydrogen-bond donors (Lipinski definition) is 2. The van der Waals surface area contributed by atoms with Gasteiger partial charge in [0.2, 0.25) is 5.43 Å². The van der Waals surface area contributed by atoms with Crippen LogP contribution in [-0.2, 0) is 10.0 Å². The van der Waals surface area contributed by atoms with Crippen LogP contribution in [0.5, 0.6) is 0 Å². The number of carboxylic acid groups (broad SMARTS) is 1. The summed E-state index contributed by atoms with van der Waals surface area (Å²) in [6.07, 6.45) is 3.09. The molecule has 6 rings (SSSR count). The average molecular weight is 596 g/mol. The van der Waals surface area contributed by atoms with E-state index >= 15 is 4.39 Å². The van der Waals surface area contributed by atoms with Crippen LogP contribution in [0.15, 0.2) is 73.2 Å². The number of rotatable bonds is 8. The zero-order valence-electron chi connectivity index (χ0n) is 22.4. The van der Waals surface area contributed by atoms with Crippen molar-refractivity contribution in [2.24, 2.45) is 10.3 Å². The Morgan fingerprint density at radius 2 is 1.83 bits per heavy atom. The topological polar surface area (TPSA) is 163 Å². The summed E-state index contributed by atoms with van der Waals surface area (Å²) in [5.74, 6) is -1.37. The molecule has 2 aromatic carbocycles. The summed E-state index contributed by atoms with van der Waals surface area (Å²) < 4.78 is 49.3. The smallest absolute Gasteiger partial charge is 0.341 e. The minimum absolute atomic E-state index is 0.0272. The summed E-state index contributed by atoms with van der Waals surface area (Å²) in [5, 5.41) is 23.3. The Kier molecular flexibility index (Phi) is 6.88. The lowest BCUT2D eigenvalue weighted by Crippen LogP contribution is -2.44. The van der Waals surface area contributed by atoms with Gasteiger partial charge in [0.1, 0.15) is 17.1 Å². The van der Waals surface area contributed by atoms with E-state index in [4.69, 9.17) is 4.52 Å². The number of pyridine rings is 1. The van der Waals surface area contributed by atoms with Gasteiger partial charge in [0.25, 0.3) is 10.0 Å². The molecule has 1 saturated carbocycles. The molecule has 2 fully saturated rings. The Morgan fingerprint density at radius 3 is 2.45 bits per heavy atom. The molecule has 2 aromatic heterocycles. The highest BCUT2D eigenvalue weighted by molar-refractivity contribution is 7.92. The quantitative estimate of drug-likeness (QED) is 0.286. The molecule has 218 valence electrons. The molecule has 15 heteroatoms. The second-order valence-electron chi connectivity index (χ2n) is 10.2. The summed E-state index contributed by atoms with van der Waals surface area (Å²) >= 11 is 0. The summed E-state index contributed by atoms with van der Waals surface area (Å²) in [4.78, 5) is 26.2. The first-order chi connectivity index (χ1) is 20.1. The summed E-state index contributed by atoms with van der Waals surface area (Å²) in [6.45, 7) is 3.42. The third-order valence-corrected chi connectivity index (χ3v) is 8.54. The second kappa shape index (κ2) is 10.6. The molecule has 0 amide bonds. The number of anilines is 2. The van der Waals surface area contributed by atoms with E-state index in [-0.39, 0.29) is 27.7 Å². The molecule has 0 spiro atoms. The third-order valence-electron chi connectivity index (χ3n) is 7.17. The lowest BCUT2D eigenvalue weighted by atomic mass is 10.1. The molecule has 0 atom stereocenters. The van der Waals surface area contributed by atoms with Crippen LogP contribution in [0, 0.1) is 12.7 Å². The van der Waals surface area contributed by atoms with Crippen LogP contribution in [0.3, 0.4) is 0 Å². The van der Waals surface area contributed by atoms with Gasteiger partial charge in [-0.1, -0.05) is 10.4 Å². The number of sulfonamides is 1. The fourth-order valence-corrected chi connectivity index (χ4v) is 5.84. The zero-order valence-corrected chi connectivity index (χ0v) is 23.2. The number of piperazine rings is 1. The van der Waals surface area contributed by atoms with E-state index in [2.05, 4.69) is 20.2 Å². The maximum absolute atomic E-state index is 15.2. The summed E-state index contributed by atoms with van der Waals surface area (Å²) in [5.41, 5.74) is 0.241. The maximum atomic E-state index is 15.2. The number of aryl methyl sites for hydroxylation is 1. The molecule has 4 aromatic rings. The number of fused-ring (bicyclic) bond motifs is 1. The number of hydrogen-bond acceptors (Lipinski definition) is 9. The van der Waals surface area contributed by atoms with Gasteiger partial charge in [-0.2, -0.15) is 0 Å². The second-order valence-corrected chi connectivity index (χ2v) is 11.9. The van der Waals surface area contributed by atoms with Gasteiger partial charge >= 0.3 is 5.97 Å². The number of benzene rings is 2. The van der Waals surface area contributed by atoms with Crippen LogP contribution >= 0.6 is 0 Å². The molecular formula is C27H26FN7O6S. The summed E-state index contributed by atoms with van der Waals surface area (Å²) in [7, 11) is -3.85. The number of aromatic carboxylic acids is 1. The highest BCUT2D eigenvalue weighted by Crippen LogP contribution is 2.38. The standard InChI is InChI=1S/C27H26FN7O6S/c1-16-12-25(30-41-16)31-42(39,40)19-6-2-17(3-7-19)29-32-34-10-8-33(9-11-34)24-14-23-20(13-22(24)28)26(36)21(27(37)38)15-35(23)18-4-5-18/h2-3,6-7,12-15,18H,4-5,8-11H2,1H3,(H,30,31)(H,37,38). The van der Waals surface area contributed by atoms with Crippen LogP contribution in [0.4, 0.5) is 21.6 Å². The lowest BCUT2D eigenvalue weighted by Gasteiger charge is -2.34. The first kappa shape index (κ1) is 27.4. The molecule has 13 nitrogen and oxygen atoms in total. The Hall–Kier alpha value is -4.79. The van der Waals surface area contributed by atoms with Crippen molar-refractivity contribution in [1.82, 2.24) is 14.7 Å². The van der Waals surface area contributed by atoms with Gasteiger partial charge in [0.15, 0.2) is 5.82 Å². The van der Waals surface area contributed by atoms with E-state index in [1.165, 1.54) is 36.5 Å². The van der Waals surface area contributed by atoms with E-state index in [1.807, 2.05) is 4.90 Å². The molecule has 1 saturated heterocycles. The van der Waals surface area contributed by atoms with Gasteiger partial charge in [0, 0.05) is 36.8 Å². The normalized spacial score (nSPS) is 16.0. The van der Waals surface area contributed by atoms with Gasteiger partial charge in [-0.05, 0) is 56.2 Å². The fourth-order valence-electron chi connectivity index (χ4n) is 4.85. The summed E-state index contributed by atoms with van der Waals surface area (Å²) in [6, 6.07) is 10.2. The third kappa shape index (κ3) is 5.42. The largest absolute Gasteiger partial charge is 0.477 e. The number of nitrogens with one attached hydrogen (secondary N) is 1. The Bertz CT molecular complexity index is 1880. The van der Waals surface area contributed by atoms with E-state index in [1.54, 1.807) is 22.6 Å². The van der Waals surface area contributed by atoms with Crippen molar-refractivity contribution in [3.8, 4) is 0 Å². The number of aromatic nitrogens is 2. The number of carboxylic acids is 1. The molecule has 0 unspecified atom stereocenters. The van der Waals surface area contributed by atoms with Crippen molar-refractivity contribution in [3.05, 3.63) is 76.0 Å². The number of halogens is 1. The van der Waals surface area contributed by atoms with Gasteiger partial charge < -0.3 is 19.1 Å². The maximum Gasteiger partial charge on any atom is 0.341 e. The van der Waals surface area contributed by atoms with Gasteiger partial charge in [0.05, 0.1) is 34.9 Å². The van der Waals surface area contributed by atoms with Gasteiger partial charge in [-0.25, -0.2) is 17.6 Å². The predicted molar refractivity (Wildman–Crippen MR) is 150 cm³/mol. The van der Waals surface area contributed by atoms with Crippen molar-refractivity contribution in [3.63, 3.8) is 0 Å². The molecule has 1 aliphatic heterocycles. The lowest BCUT2D eigenvalue weighted by molar-refractivity contribution is 0.0694. The highest BCUT2D eigenvalue weighted by Gasteiger charge is 2.28. The van der Waals surface area contributed by atoms with Crippen LogP contribution in [-0.4, -0.2) is 60.4 Å². The number of carbonyl (C=O) groups is 1. The Morgan fingerprint density at radius 1 is 1.12 bits per heavy atom. The van der Waals surface area contributed by atoms with Crippen molar-refractivity contribution < 1.29 is 27.2 Å². The van der Waals surface area contributed by atoms with Crippen LogP contribution in [0.2, 0.25) is 0 Å². The van der Waals surface area contributed by atoms with Crippen molar-refractivity contribution >= 4 is 44.1 Å². The molecule has 2 aliphatic rings. The molecular weight excluding hydrogens is 569 g/mol. The molecule has 1 aliphatic carbocycles. The van der Waals surface area contributed by atoms with Crippen LogP contribution < -0.4 is 15.1 Å². The average Bonchev–Trinajstić information content (AvgIpc) is 3.73. The molecule has 0 radical (unpaired) electrons. The van der Waals surface area contributed by atoms with Crippen LogP contribution in [0.1, 0.15) is 35.0 Å². The minimum atomic E-state index is -3.85.